The first-order valence-corrected chi connectivity index (χ1v) is 7.68. The molecule has 1 amide bonds. The summed E-state index contributed by atoms with van der Waals surface area (Å²) in [7, 11) is 1.48. The zero-order chi connectivity index (χ0) is 18.5. The van der Waals surface area contributed by atoms with E-state index in [1.54, 1.807) is 36.4 Å². The van der Waals surface area contributed by atoms with Crippen LogP contribution in [0.15, 0.2) is 58.7 Å². The van der Waals surface area contributed by atoms with Gasteiger partial charge in [-0.1, -0.05) is 12.1 Å². The Hall–Kier alpha value is -3.68. The van der Waals surface area contributed by atoms with Gasteiger partial charge in [-0.25, -0.2) is 4.98 Å². The van der Waals surface area contributed by atoms with E-state index in [0.29, 0.717) is 28.0 Å². The molecule has 0 radical (unpaired) electrons. The van der Waals surface area contributed by atoms with E-state index in [9.17, 15) is 9.59 Å². The number of carbonyl (C=O) groups is 1. The van der Waals surface area contributed by atoms with Gasteiger partial charge in [-0.3, -0.25) is 9.59 Å². The molecule has 0 bridgehead atoms. The molecule has 0 aliphatic rings. The Labute approximate surface area is 148 Å². The summed E-state index contributed by atoms with van der Waals surface area (Å²) in [4.78, 5) is 27.4. The van der Waals surface area contributed by atoms with E-state index in [1.165, 1.54) is 19.7 Å². The second-order valence-corrected chi connectivity index (χ2v) is 5.32. The molecule has 3 aromatic rings. The van der Waals surface area contributed by atoms with Gasteiger partial charge in [0.05, 0.1) is 24.2 Å². The first-order valence-electron chi connectivity index (χ1n) is 7.68. The van der Waals surface area contributed by atoms with Crippen LogP contribution < -0.4 is 20.8 Å². The van der Waals surface area contributed by atoms with Crippen LogP contribution in [0.4, 0.5) is 0 Å². The van der Waals surface area contributed by atoms with E-state index in [1.807, 2.05) is 6.07 Å². The summed E-state index contributed by atoms with van der Waals surface area (Å²) in [6, 6.07) is 12.1. The van der Waals surface area contributed by atoms with Crippen LogP contribution in [-0.2, 0) is 4.79 Å². The standard InChI is InChI=1S/C18H16N4O4/c1-25-16-8-12(6-7-15(16)26-10-17(19)23)9-21-22-11-20-14-5-3-2-4-13(14)18(22)24/h2-9,11H,10H2,1H3,(H2,19,23)/b21-9+. The van der Waals surface area contributed by atoms with Gasteiger partial charge in [0.15, 0.2) is 18.1 Å². The van der Waals surface area contributed by atoms with Crippen molar-refractivity contribution in [1.29, 1.82) is 0 Å². The summed E-state index contributed by atoms with van der Waals surface area (Å²) in [5.41, 5.74) is 6.09. The molecule has 132 valence electrons. The lowest BCUT2D eigenvalue weighted by molar-refractivity contribution is -0.119. The number of hydrogen-bond donors (Lipinski definition) is 1. The first kappa shape index (κ1) is 17.2. The summed E-state index contributed by atoms with van der Waals surface area (Å²) >= 11 is 0. The van der Waals surface area contributed by atoms with E-state index in [-0.39, 0.29) is 12.2 Å². The third kappa shape index (κ3) is 3.69. The third-order valence-electron chi connectivity index (χ3n) is 3.54. The lowest BCUT2D eigenvalue weighted by Gasteiger charge is -2.09. The number of nitrogens with two attached hydrogens (primary N) is 1. The first-order chi connectivity index (χ1) is 12.6. The van der Waals surface area contributed by atoms with Crippen molar-refractivity contribution in [3.8, 4) is 11.5 Å². The van der Waals surface area contributed by atoms with Crippen LogP contribution in [-0.4, -0.2) is 35.5 Å². The number of aromatic nitrogens is 2. The van der Waals surface area contributed by atoms with Gasteiger partial charge in [0, 0.05) is 0 Å². The van der Waals surface area contributed by atoms with Crippen LogP contribution in [0, 0.1) is 0 Å². The van der Waals surface area contributed by atoms with Gasteiger partial charge in [-0.05, 0) is 35.9 Å². The maximum atomic E-state index is 12.4. The Balaban J connectivity index is 1.87. The number of para-hydroxylation sites is 1. The lowest BCUT2D eigenvalue weighted by Crippen LogP contribution is -2.20. The smallest absolute Gasteiger partial charge is 0.281 e. The lowest BCUT2D eigenvalue weighted by atomic mass is 10.2. The van der Waals surface area contributed by atoms with Crippen molar-refractivity contribution in [2.75, 3.05) is 13.7 Å². The van der Waals surface area contributed by atoms with Crippen molar-refractivity contribution in [3.63, 3.8) is 0 Å². The Morgan fingerprint density at radius 1 is 1.27 bits per heavy atom. The number of hydrogen-bond acceptors (Lipinski definition) is 6. The van der Waals surface area contributed by atoms with Gasteiger partial charge in [0.1, 0.15) is 6.33 Å². The van der Waals surface area contributed by atoms with Gasteiger partial charge in [0.25, 0.3) is 11.5 Å². The zero-order valence-electron chi connectivity index (χ0n) is 14.0. The normalized spacial score (nSPS) is 11.0. The second kappa shape index (κ2) is 7.47. The van der Waals surface area contributed by atoms with Crippen LogP contribution in [0.1, 0.15) is 5.56 Å². The van der Waals surface area contributed by atoms with Crippen LogP contribution >= 0.6 is 0 Å². The van der Waals surface area contributed by atoms with Gasteiger partial charge in [-0.2, -0.15) is 9.78 Å². The number of fused-ring (bicyclic) bond motifs is 1. The SMILES string of the molecule is COc1cc(/C=N/n2cnc3ccccc3c2=O)ccc1OCC(N)=O. The zero-order valence-corrected chi connectivity index (χ0v) is 14.0. The van der Waals surface area contributed by atoms with E-state index in [2.05, 4.69) is 10.1 Å². The summed E-state index contributed by atoms with van der Waals surface area (Å²) in [5.74, 6) is 0.216. The predicted molar refractivity (Wildman–Crippen MR) is 96.7 cm³/mol. The molecule has 3 rings (SSSR count). The van der Waals surface area contributed by atoms with E-state index < -0.39 is 5.91 Å². The molecule has 26 heavy (non-hydrogen) atoms. The van der Waals surface area contributed by atoms with E-state index in [4.69, 9.17) is 15.2 Å². The largest absolute Gasteiger partial charge is 0.493 e. The van der Waals surface area contributed by atoms with Gasteiger partial charge in [0.2, 0.25) is 0 Å². The number of amides is 1. The van der Waals surface area contributed by atoms with Crippen LogP contribution in [0.5, 0.6) is 11.5 Å². The number of carbonyl (C=O) groups excluding carboxylic acids is 1. The van der Waals surface area contributed by atoms with Gasteiger partial charge < -0.3 is 15.2 Å². The molecule has 8 nitrogen and oxygen atoms in total. The van der Waals surface area contributed by atoms with Gasteiger partial charge >= 0.3 is 0 Å². The van der Waals surface area contributed by atoms with Crippen molar-refractivity contribution >= 4 is 23.0 Å². The third-order valence-corrected chi connectivity index (χ3v) is 3.54. The van der Waals surface area contributed by atoms with Crippen LogP contribution in [0.25, 0.3) is 10.9 Å². The van der Waals surface area contributed by atoms with Gasteiger partial charge in [-0.15, -0.1) is 0 Å². The summed E-state index contributed by atoms with van der Waals surface area (Å²) < 4.78 is 11.7. The predicted octanol–water partition coefficient (Wildman–Crippen LogP) is 1.15. The highest BCUT2D eigenvalue weighted by atomic mass is 16.5. The average molecular weight is 352 g/mol. The molecule has 0 atom stereocenters. The Kier molecular flexibility index (Phi) is 4.93. The fourth-order valence-electron chi connectivity index (χ4n) is 2.30. The topological polar surface area (TPSA) is 109 Å². The highest BCUT2D eigenvalue weighted by Crippen LogP contribution is 2.27. The molecule has 0 fully saturated rings. The minimum absolute atomic E-state index is 0.248. The number of primary amides is 1. The summed E-state index contributed by atoms with van der Waals surface area (Å²) in [6.07, 6.45) is 2.86. The molecule has 0 saturated heterocycles. The van der Waals surface area contributed by atoms with Crippen molar-refractivity contribution < 1.29 is 14.3 Å². The van der Waals surface area contributed by atoms with E-state index >= 15 is 0 Å². The highest BCUT2D eigenvalue weighted by molar-refractivity contribution is 5.81. The fourth-order valence-corrected chi connectivity index (χ4v) is 2.30. The Bertz CT molecular complexity index is 1040. The quantitative estimate of drug-likeness (QED) is 0.670. The number of rotatable bonds is 6. The molecule has 2 N–H and O–H groups in total. The maximum Gasteiger partial charge on any atom is 0.281 e. The Morgan fingerprint density at radius 3 is 2.85 bits per heavy atom. The molecule has 0 saturated carbocycles. The highest BCUT2D eigenvalue weighted by Gasteiger charge is 2.07. The molecule has 8 heteroatoms. The minimum atomic E-state index is -0.583. The monoisotopic (exact) mass is 352 g/mol. The maximum absolute atomic E-state index is 12.4. The second-order valence-electron chi connectivity index (χ2n) is 5.32. The van der Waals surface area contributed by atoms with Crippen LogP contribution in [0.2, 0.25) is 0 Å². The fraction of sp³-hybridized carbons (Fsp3) is 0.111. The molecular weight excluding hydrogens is 336 g/mol. The molecule has 0 aliphatic heterocycles. The molecular formula is C18H16N4O4. The minimum Gasteiger partial charge on any atom is -0.493 e. The molecule has 0 unspecified atom stereocenters. The van der Waals surface area contributed by atoms with Crippen molar-refractivity contribution in [1.82, 2.24) is 9.66 Å². The van der Waals surface area contributed by atoms with Crippen LogP contribution in [0.3, 0.4) is 0 Å². The molecule has 1 aromatic heterocycles. The van der Waals surface area contributed by atoms with E-state index in [0.717, 1.165) is 4.68 Å². The summed E-state index contributed by atoms with van der Waals surface area (Å²) in [6.45, 7) is -0.248. The molecule has 2 aromatic carbocycles. The molecule has 1 heterocycles. The molecule has 0 spiro atoms. The number of ether oxygens (including phenoxy) is 2. The number of nitrogens with zero attached hydrogens (tertiary/aromatic N) is 3. The average Bonchev–Trinajstić information content (AvgIpc) is 2.66. The molecule has 0 aliphatic carbocycles. The van der Waals surface area contributed by atoms with Crippen molar-refractivity contribution in [2.45, 2.75) is 0 Å². The van der Waals surface area contributed by atoms with Crippen molar-refractivity contribution in [3.05, 3.63) is 64.7 Å². The number of methoxy groups -OCH3 is 1. The Morgan fingerprint density at radius 2 is 2.08 bits per heavy atom. The summed E-state index contributed by atoms with van der Waals surface area (Å²) in [5, 5.41) is 4.64. The number of benzene rings is 2. The van der Waals surface area contributed by atoms with Crippen molar-refractivity contribution in [2.24, 2.45) is 10.8 Å².